The molecule has 16 heavy (non-hydrogen) atoms. The Balaban J connectivity index is 2.09. The van der Waals surface area contributed by atoms with E-state index in [4.69, 9.17) is 4.74 Å². The molecule has 0 saturated carbocycles. The summed E-state index contributed by atoms with van der Waals surface area (Å²) in [5.41, 5.74) is 1.90. The largest absolute Gasteiger partial charge is 0.496 e. The lowest BCUT2D eigenvalue weighted by Gasteiger charge is -2.15. The zero-order valence-electron chi connectivity index (χ0n) is 9.40. The summed E-state index contributed by atoms with van der Waals surface area (Å²) in [7, 11) is 1.62. The van der Waals surface area contributed by atoms with Gasteiger partial charge in [0.25, 0.3) is 0 Å². The van der Waals surface area contributed by atoms with Gasteiger partial charge in [-0.15, -0.1) is 0 Å². The van der Waals surface area contributed by atoms with E-state index < -0.39 is 0 Å². The normalized spacial score (nSPS) is 19.8. The highest BCUT2D eigenvalue weighted by molar-refractivity contribution is 7.99. The molecule has 88 valence electrons. The van der Waals surface area contributed by atoms with Crippen molar-refractivity contribution < 1.29 is 9.84 Å². The van der Waals surface area contributed by atoms with E-state index in [1.54, 1.807) is 7.11 Å². The van der Waals surface area contributed by atoms with Gasteiger partial charge in [-0.1, -0.05) is 0 Å². The average Bonchev–Trinajstić information content (AvgIpc) is 2.81. The van der Waals surface area contributed by atoms with Crippen molar-refractivity contribution in [3.63, 3.8) is 0 Å². The van der Waals surface area contributed by atoms with Crippen LogP contribution in [0.2, 0.25) is 0 Å². The number of anilines is 1. The van der Waals surface area contributed by atoms with Crippen molar-refractivity contribution in [2.24, 2.45) is 0 Å². The zero-order valence-corrected chi connectivity index (χ0v) is 10.2. The van der Waals surface area contributed by atoms with Crippen molar-refractivity contribution in [3.8, 4) is 5.75 Å². The molecular weight excluding hydrogens is 222 g/mol. The van der Waals surface area contributed by atoms with Crippen LogP contribution in [-0.2, 0) is 6.61 Å². The number of rotatable bonds is 4. The monoisotopic (exact) mass is 239 g/mol. The highest BCUT2D eigenvalue weighted by atomic mass is 32.2. The van der Waals surface area contributed by atoms with Crippen LogP contribution in [0, 0.1) is 0 Å². The van der Waals surface area contributed by atoms with Crippen LogP contribution in [0.1, 0.15) is 12.0 Å². The van der Waals surface area contributed by atoms with E-state index in [9.17, 15) is 5.11 Å². The quantitative estimate of drug-likeness (QED) is 0.844. The second kappa shape index (κ2) is 5.46. The number of methoxy groups -OCH3 is 1. The fourth-order valence-electron chi connectivity index (χ4n) is 1.88. The second-order valence-corrected chi connectivity index (χ2v) is 5.04. The molecule has 1 aromatic rings. The summed E-state index contributed by atoms with van der Waals surface area (Å²) in [5.74, 6) is 3.15. The summed E-state index contributed by atoms with van der Waals surface area (Å²) in [4.78, 5) is 0. The molecule has 0 spiro atoms. The van der Waals surface area contributed by atoms with Crippen LogP contribution >= 0.6 is 11.8 Å². The third-order valence-corrected chi connectivity index (χ3v) is 3.91. The van der Waals surface area contributed by atoms with Gasteiger partial charge in [0, 0.05) is 23.0 Å². The summed E-state index contributed by atoms with van der Waals surface area (Å²) in [6.07, 6.45) is 1.21. The lowest BCUT2D eigenvalue weighted by Crippen LogP contribution is -2.18. The van der Waals surface area contributed by atoms with Crippen LogP contribution in [-0.4, -0.2) is 29.8 Å². The maximum absolute atomic E-state index is 9.22. The average molecular weight is 239 g/mol. The molecule has 3 nitrogen and oxygen atoms in total. The molecule has 1 atom stereocenters. The smallest absolute Gasteiger partial charge is 0.124 e. The van der Waals surface area contributed by atoms with Gasteiger partial charge in [-0.2, -0.15) is 11.8 Å². The minimum Gasteiger partial charge on any atom is -0.496 e. The minimum absolute atomic E-state index is 0.0120. The molecule has 1 aliphatic heterocycles. The van der Waals surface area contributed by atoms with Gasteiger partial charge in [0.1, 0.15) is 5.75 Å². The van der Waals surface area contributed by atoms with Crippen LogP contribution in [0.15, 0.2) is 18.2 Å². The number of hydrogen-bond donors (Lipinski definition) is 2. The lowest BCUT2D eigenvalue weighted by molar-refractivity contribution is 0.274. The highest BCUT2D eigenvalue weighted by Gasteiger charge is 2.15. The standard InChI is InChI=1S/C12H17NO2S/c1-15-12-3-2-10(6-9(12)7-14)13-11-4-5-16-8-11/h2-3,6,11,13-14H,4-5,7-8H2,1H3. The van der Waals surface area contributed by atoms with Gasteiger partial charge in [-0.05, 0) is 30.4 Å². The SMILES string of the molecule is COc1ccc(NC2CCSC2)cc1CO. The molecule has 2 rings (SSSR count). The molecule has 0 bridgehead atoms. The summed E-state index contributed by atoms with van der Waals surface area (Å²) in [6, 6.07) is 6.42. The molecular formula is C12H17NO2S. The number of hydrogen-bond acceptors (Lipinski definition) is 4. The van der Waals surface area contributed by atoms with Crippen molar-refractivity contribution >= 4 is 17.4 Å². The van der Waals surface area contributed by atoms with Gasteiger partial charge in [-0.25, -0.2) is 0 Å². The van der Waals surface area contributed by atoms with E-state index in [2.05, 4.69) is 5.32 Å². The molecule has 0 aromatic heterocycles. The Hall–Kier alpha value is -0.870. The minimum atomic E-state index is 0.0120. The number of aliphatic hydroxyl groups is 1. The van der Waals surface area contributed by atoms with Gasteiger partial charge in [-0.3, -0.25) is 0 Å². The fraction of sp³-hybridized carbons (Fsp3) is 0.500. The number of benzene rings is 1. The van der Waals surface area contributed by atoms with Gasteiger partial charge >= 0.3 is 0 Å². The Morgan fingerprint density at radius 3 is 3.06 bits per heavy atom. The molecule has 0 amide bonds. The summed E-state index contributed by atoms with van der Waals surface area (Å²) in [6.45, 7) is 0.0120. The van der Waals surface area contributed by atoms with Gasteiger partial charge in [0.05, 0.1) is 13.7 Å². The van der Waals surface area contributed by atoms with Crippen LogP contribution in [0.25, 0.3) is 0 Å². The van der Waals surface area contributed by atoms with E-state index in [-0.39, 0.29) is 6.61 Å². The van der Waals surface area contributed by atoms with E-state index in [0.29, 0.717) is 6.04 Å². The Kier molecular flexibility index (Phi) is 3.96. The number of thioether (sulfide) groups is 1. The van der Waals surface area contributed by atoms with E-state index in [1.165, 1.54) is 17.9 Å². The molecule has 1 aliphatic rings. The predicted molar refractivity (Wildman–Crippen MR) is 68.3 cm³/mol. The predicted octanol–water partition coefficient (Wildman–Crippen LogP) is 2.10. The number of nitrogens with one attached hydrogen (secondary N) is 1. The molecule has 1 heterocycles. The van der Waals surface area contributed by atoms with Crippen molar-refractivity contribution in [1.29, 1.82) is 0 Å². The Morgan fingerprint density at radius 2 is 2.44 bits per heavy atom. The molecule has 4 heteroatoms. The zero-order chi connectivity index (χ0) is 11.4. The maximum Gasteiger partial charge on any atom is 0.124 e. The van der Waals surface area contributed by atoms with Crippen molar-refractivity contribution in [1.82, 2.24) is 0 Å². The first-order valence-electron chi connectivity index (χ1n) is 5.45. The van der Waals surface area contributed by atoms with Crippen LogP contribution in [0.3, 0.4) is 0 Å². The molecule has 1 fully saturated rings. The molecule has 0 radical (unpaired) electrons. The topological polar surface area (TPSA) is 41.5 Å². The first-order chi connectivity index (χ1) is 7.83. The van der Waals surface area contributed by atoms with Gasteiger partial charge < -0.3 is 15.2 Å². The first kappa shape index (κ1) is 11.6. The van der Waals surface area contributed by atoms with Crippen molar-refractivity contribution in [2.45, 2.75) is 19.1 Å². The highest BCUT2D eigenvalue weighted by Crippen LogP contribution is 2.25. The van der Waals surface area contributed by atoms with Crippen molar-refractivity contribution in [3.05, 3.63) is 23.8 Å². The summed E-state index contributed by atoms with van der Waals surface area (Å²) >= 11 is 1.98. The van der Waals surface area contributed by atoms with E-state index in [0.717, 1.165) is 17.0 Å². The molecule has 1 unspecified atom stereocenters. The lowest BCUT2D eigenvalue weighted by atomic mass is 10.1. The van der Waals surface area contributed by atoms with Gasteiger partial charge in [0.2, 0.25) is 0 Å². The Labute approximate surface area is 100 Å². The maximum atomic E-state index is 9.22. The van der Waals surface area contributed by atoms with E-state index >= 15 is 0 Å². The molecule has 1 saturated heterocycles. The fourth-order valence-corrected chi connectivity index (χ4v) is 3.03. The Bertz CT molecular complexity index is 351. The Morgan fingerprint density at radius 1 is 1.56 bits per heavy atom. The van der Waals surface area contributed by atoms with Gasteiger partial charge in [0.15, 0.2) is 0 Å². The van der Waals surface area contributed by atoms with E-state index in [1.807, 2.05) is 30.0 Å². The molecule has 2 N–H and O–H groups in total. The van der Waals surface area contributed by atoms with Crippen LogP contribution in [0.4, 0.5) is 5.69 Å². The third kappa shape index (κ3) is 2.62. The third-order valence-electron chi connectivity index (χ3n) is 2.75. The summed E-state index contributed by atoms with van der Waals surface area (Å²) < 4.78 is 5.17. The second-order valence-electron chi connectivity index (χ2n) is 3.89. The molecule has 0 aliphatic carbocycles. The first-order valence-corrected chi connectivity index (χ1v) is 6.61. The van der Waals surface area contributed by atoms with Crippen LogP contribution in [0.5, 0.6) is 5.75 Å². The summed E-state index contributed by atoms with van der Waals surface area (Å²) in [5, 5.41) is 12.7. The number of ether oxygens (including phenoxy) is 1. The molecule has 1 aromatic carbocycles. The van der Waals surface area contributed by atoms with Crippen LogP contribution < -0.4 is 10.1 Å². The number of aliphatic hydroxyl groups excluding tert-OH is 1. The van der Waals surface area contributed by atoms with Crippen molar-refractivity contribution in [2.75, 3.05) is 23.9 Å².